The lowest BCUT2D eigenvalue weighted by atomic mass is 10.00. The molecule has 18 heavy (non-hydrogen) atoms. The zero-order valence-electron chi connectivity index (χ0n) is 9.17. The van der Waals surface area contributed by atoms with Gasteiger partial charge in [-0.1, -0.05) is 6.07 Å². The Morgan fingerprint density at radius 2 is 2.11 bits per heavy atom. The van der Waals surface area contributed by atoms with Gasteiger partial charge in [0.2, 0.25) is 0 Å². The highest BCUT2D eigenvalue weighted by Gasteiger charge is 2.35. The van der Waals surface area contributed by atoms with Crippen molar-refractivity contribution >= 4 is 6.02 Å². The normalized spacial score (nSPS) is 19.6. The molecule has 0 aromatic heterocycles. The van der Waals surface area contributed by atoms with Crippen molar-refractivity contribution in [3.05, 3.63) is 35.1 Å². The predicted molar refractivity (Wildman–Crippen MR) is 56.5 cm³/mol. The summed E-state index contributed by atoms with van der Waals surface area (Å²) < 4.78 is 56.5. The zero-order chi connectivity index (χ0) is 13.3. The van der Waals surface area contributed by atoms with E-state index in [-0.39, 0.29) is 19.0 Å². The van der Waals surface area contributed by atoms with E-state index in [1.165, 1.54) is 0 Å². The molecular weight excluding hydrogens is 252 g/mol. The number of hydrogen-bond donors (Lipinski definition) is 1. The van der Waals surface area contributed by atoms with Crippen LogP contribution in [0, 0.1) is 5.82 Å². The summed E-state index contributed by atoms with van der Waals surface area (Å²) in [5.41, 5.74) is 3.86. The Balaban J connectivity index is 2.32. The van der Waals surface area contributed by atoms with E-state index in [2.05, 4.69) is 4.99 Å². The van der Waals surface area contributed by atoms with Gasteiger partial charge in [-0.3, -0.25) is 0 Å². The fourth-order valence-electron chi connectivity index (χ4n) is 1.81. The van der Waals surface area contributed by atoms with Gasteiger partial charge < -0.3 is 10.5 Å². The molecule has 7 heteroatoms. The fraction of sp³-hybridized carbons (Fsp3) is 0.364. The molecule has 0 radical (unpaired) electrons. The molecule has 1 atom stereocenters. The van der Waals surface area contributed by atoms with Crippen LogP contribution in [0.1, 0.15) is 11.1 Å². The van der Waals surface area contributed by atoms with Crippen molar-refractivity contribution in [2.45, 2.75) is 18.6 Å². The number of halogens is 4. The Hall–Kier alpha value is -1.79. The molecule has 0 saturated heterocycles. The monoisotopic (exact) mass is 262 g/mol. The number of nitrogens with two attached hydrogens (primary N) is 1. The highest BCUT2D eigenvalue weighted by Crippen LogP contribution is 2.34. The minimum atomic E-state index is -4.59. The second-order valence-electron chi connectivity index (χ2n) is 3.90. The average Bonchev–Trinajstić information content (AvgIpc) is 2.65. The van der Waals surface area contributed by atoms with Gasteiger partial charge in [-0.15, -0.1) is 0 Å². The van der Waals surface area contributed by atoms with E-state index in [1.807, 2.05) is 0 Å². The molecule has 0 spiro atoms. The van der Waals surface area contributed by atoms with Crippen molar-refractivity contribution in [2.75, 3.05) is 6.61 Å². The summed E-state index contributed by atoms with van der Waals surface area (Å²) in [5.74, 6) is -0.898. The van der Waals surface area contributed by atoms with Gasteiger partial charge in [-0.2, -0.15) is 13.2 Å². The van der Waals surface area contributed by atoms with Crippen LogP contribution in [-0.2, 0) is 17.3 Å². The Labute approximate surface area is 100 Å². The molecule has 0 fully saturated rings. The molecule has 2 N–H and O–H groups in total. The van der Waals surface area contributed by atoms with E-state index >= 15 is 0 Å². The summed E-state index contributed by atoms with van der Waals surface area (Å²) in [4.78, 5) is 3.79. The smallest absolute Gasteiger partial charge is 0.416 e. The molecule has 1 unspecified atom stereocenters. The number of amidine groups is 1. The Kier molecular flexibility index (Phi) is 3.14. The number of rotatable bonds is 2. The molecule has 0 amide bonds. The van der Waals surface area contributed by atoms with Gasteiger partial charge in [0.1, 0.15) is 12.4 Å². The number of nitrogens with zero attached hydrogens (tertiary/aromatic N) is 1. The maximum atomic E-state index is 13.5. The van der Waals surface area contributed by atoms with Crippen molar-refractivity contribution in [3.63, 3.8) is 0 Å². The molecule has 1 aromatic rings. The van der Waals surface area contributed by atoms with Crippen LogP contribution >= 0.6 is 0 Å². The molecule has 3 nitrogen and oxygen atoms in total. The second-order valence-corrected chi connectivity index (χ2v) is 3.90. The first-order valence-corrected chi connectivity index (χ1v) is 5.18. The lowest BCUT2D eigenvalue weighted by Crippen LogP contribution is -2.17. The summed E-state index contributed by atoms with van der Waals surface area (Å²) in [6.45, 7) is 0.0669. The van der Waals surface area contributed by atoms with Crippen LogP contribution in [-0.4, -0.2) is 18.7 Å². The third-order valence-corrected chi connectivity index (χ3v) is 2.60. The Bertz CT molecular complexity index is 484. The third-order valence-electron chi connectivity index (χ3n) is 2.60. The molecule has 98 valence electrons. The van der Waals surface area contributed by atoms with E-state index < -0.39 is 29.2 Å². The number of benzene rings is 1. The van der Waals surface area contributed by atoms with Crippen LogP contribution in [0.15, 0.2) is 23.2 Å². The minimum absolute atomic E-state index is 0.0669. The van der Waals surface area contributed by atoms with Gasteiger partial charge in [0, 0.05) is 12.0 Å². The van der Waals surface area contributed by atoms with E-state index in [4.69, 9.17) is 10.5 Å². The zero-order valence-corrected chi connectivity index (χ0v) is 9.17. The molecule has 1 heterocycles. The van der Waals surface area contributed by atoms with Crippen LogP contribution < -0.4 is 5.73 Å². The lowest BCUT2D eigenvalue weighted by Gasteiger charge is -2.14. The maximum Gasteiger partial charge on any atom is 0.416 e. The fourth-order valence-corrected chi connectivity index (χ4v) is 1.81. The molecular formula is C11H10F4N2O. The topological polar surface area (TPSA) is 47.6 Å². The van der Waals surface area contributed by atoms with Crippen LogP contribution in [0.4, 0.5) is 17.6 Å². The summed E-state index contributed by atoms with van der Waals surface area (Å²) >= 11 is 0. The highest BCUT2D eigenvalue weighted by atomic mass is 19.4. The van der Waals surface area contributed by atoms with Crippen LogP contribution in [0.25, 0.3) is 0 Å². The Morgan fingerprint density at radius 1 is 1.39 bits per heavy atom. The van der Waals surface area contributed by atoms with Gasteiger partial charge in [0.25, 0.3) is 6.02 Å². The van der Waals surface area contributed by atoms with E-state index in [9.17, 15) is 17.6 Å². The standard InChI is InChI=1S/C11H10F4N2O/c12-9-3-1-2-8(11(13,14)15)7(9)4-6-5-18-10(16)17-6/h1-3,6H,4-5H2,(H2,16,17). The molecule has 2 rings (SSSR count). The number of hydrogen-bond acceptors (Lipinski definition) is 3. The lowest BCUT2D eigenvalue weighted by molar-refractivity contribution is -0.138. The summed E-state index contributed by atoms with van der Waals surface area (Å²) in [5, 5.41) is 0. The Morgan fingerprint density at radius 3 is 2.67 bits per heavy atom. The number of alkyl halides is 3. The van der Waals surface area contributed by atoms with Crippen LogP contribution in [0.2, 0.25) is 0 Å². The third kappa shape index (κ3) is 2.55. The largest absolute Gasteiger partial charge is 0.463 e. The molecule has 0 bridgehead atoms. The minimum Gasteiger partial charge on any atom is -0.463 e. The van der Waals surface area contributed by atoms with E-state index in [1.54, 1.807) is 0 Å². The van der Waals surface area contributed by atoms with Crippen molar-refractivity contribution in [3.8, 4) is 0 Å². The van der Waals surface area contributed by atoms with Gasteiger partial charge in [0.15, 0.2) is 0 Å². The van der Waals surface area contributed by atoms with Crippen molar-refractivity contribution < 1.29 is 22.3 Å². The van der Waals surface area contributed by atoms with Crippen molar-refractivity contribution in [1.82, 2.24) is 0 Å². The summed E-state index contributed by atoms with van der Waals surface area (Å²) in [7, 11) is 0. The van der Waals surface area contributed by atoms with Gasteiger partial charge in [-0.05, 0) is 12.1 Å². The number of ether oxygens (including phenoxy) is 1. The first kappa shape index (κ1) is 12.7. The van der Waals surface area contributed by atoms with E-state index in [0.29, 0.717) is 0 Å². The first-order chi connectivity index (χ1) is 8.38. The first-order valence-electron chi connectivity index (χ1n) is 5.18. The highest BCUT2D eigenvalue weighted by molar-refractivity contribution is 5.73. The van der Waals surface area contributed by atoms with Crippen molar-refractivity contribution in [2.24, 2.45) is 10.7 Å². The summed E-state index contributed by atoms with van der Waals surface area (Å²) in [6.07, 6.45) is -4.78. The summed E-state index contributed by atoms with van der Waals surface area (Å²) in [6, 6.07) is 2.21. The second kappa shape index (κ2) is 4.47. The van der Waals surface area contributed by atoms with Crippen molar-refractivity contribution in [1.29, 1.82) is 0 Å². The molecule has 1 aliphatic heterocycles. The predicted octanol–water partition coefficient (Wildman–Crippen LogP) is 2.10. The quantitative estimate of drug-likeness (QED) is 0.830. The molecule has 0 saturated carbocycles. The van der Waals surface area contributed by atoms with Crippen LogP contribution in [0.3, 0.4) is 0 Å². The van der Waals surface area contributed by atoms with Gasteiger partial charge in [-0.25, -0.2) is 9.38 Å². The SMILES string of the molecule is NC1=NC(Cc2c(F)cccc2C(F)(F)F)CO1. The maximum absolute atomic E-state index is 13.5. The molecule has 1 aliphatic rings. The van der Waals surface area contributed by atoms with Crippen LogP contribution in [0.5, 0.6) is 0 Å². The molecule has 1 aromatic carbocycles. The average molecular weight is 262 g/mol. The number of aliphatic imine (C=N–C) groups is 1. The van der Waals surface area contributed by atoms with Gasteiger partial charge >= 0.3 is 6.18 Å². The van der Waals surface area contributed by atoms with E-state index in [0.717, 1.165) is 18.2 Å². The van der Waals surface area contributed by atoms with Gasteiger partial charge in [0.05, 0.1) is 11.6 Å². The molecule has 0 aliphatic carbocycles.